The number of carbonyl (C=O) groups is 1. The Morgan fingerprint density at radius 1 is 1.39 bits per heavy atom. The molecule has 2 aliphatic rings. The van der Waals surface area contributed by atoms with Crippen molar-refractivity contribution < 1.29 is 9.90 Å². The Labute approximate surface area is 113 Å². The maximum Gasteiger partial charge on any atom is 0.305 e. The van der Waals surface area contributed by atoms with Gasteiger partial charge >= 0.3 is 5.97 Å². The summed E-state index contributed by atoms with van der Waals surface area (Å²) in [5, 5.41) is 9.91. The summed E-state index contributed by atoms with van der Waals surface area (Å²) in [4.78, 5) is 17.7. The van der Waals surface area contributed by atoms with Crippen LogP contribution < -0.4 is 0 Å². The van der Waals surface area contributed by atoms with E-state index >= 15 is 0 Å². The molecule has 0 bridgehead atoms. The highest BCUT2D eigenvalue weighted by Crippen LogP contribution is 2.27. The van der Waals surface area contributed by atoms with Crippen molar-refractivity contribution in [2.24, 2.45) is 4.99 Å². The number of thioether (sulfide) groups is 1. The topological polar surface area (TPSA) is 52.9 Å². The summed E-state index contributed by atoms with van der Waals surface area (Å²) < 4.78 is 0. The highest BCUT2D eigenvalue weighted by Gasteiger charge is 2.29. The van der Waals surface area contributed by atoms with Gasteiger partial charge in [0.15, 0.2) is 5.17 Å². The second-order valence-electron chi connectivity index (χ2n) is 5.23. The van der Waals surface area contributed by atoms with Crippen LogP contribution in [0.4, 0.5) is 0 Å². The summed E-state index contributed by atoms with van der Waals surface area (Å²) in [5.74, 6) is 0.136. The molecule has 2 rings (SSSR count). The van der Waals surface area contributed by atoms with Crippen LogP contribution in [0, 0.1) is 0 Å². The zero-order valence-electron chi connectivity index (χ0n) is 11.0. The lowest BCUT2D eigenvalue weighted by Gasteiger charge is -2.20. The molecule has 1 saturated heterocycles. The normalized spacial score (nSPS) is 28.6. The van der Waals surface area contributed by atoms with E-state index in [1.165, 1.54) is 38.5 Å². The first-order valence-corrected chi connectivity index (χ1v) is 7.80. The van der Waals surface area contributed by atoms with Gasteiger partial charge in [-0.1, -0.05) is 37.4 Å². The van der Waals surface area contributed by atoms with E-state index in [1.807, 2.05) is 7.05 Å². The number of hydrogen-bond acceptors (Lipinski definition) is 3. The summed E-state index contributed by atoms with van der Waals surface area (Å²) in [5.41, 5.74) is 0. The number of rotatable bonds is 3. The minimum Gasteiger partial charge on any atom is -0.481 e. The van der Waals surface area contributed by atoms with Gasteiger partial charge in [0.2, 0.25) is 0 Å². The number of nitrogens with zero attached hydrogens (tertiary/aromatic N) is 2. The molecule has 1 N–H and O–H groups in total. The van der Waals surface area contributed by atoms with Crippen LogP contribution in [-0.4, -0.2) is 46.0 Å². The summed E-state index contributed by atoms with van der Waals surface area (Å²) in [6.07, 6.45) is 7.86. The third-order valence-electron chi connectivity index (χ3n) is 3.78. The van der Waals surface area contributed by atoms with Gasteiger partial charge in [-0.05, 0) is 12.8 Å². The van der Waals surface area contributed by atoms with Crippen molar-refractivity contribution in [3.05, 3.63) is 0 Å². The number of amidine groups is 1. The third kappa shape index (κ3) is 3.64. The first kappa shape index (κ1) is 13.7. The molecule has 0 spiro atoms. The molecule has 0 aromatic rings. The fourth-order valence-corrected chi connectivity index (χ4v) is 3.87. The van der Waals surface area contributed by atoms with Gasteiger partial charge in [-0.3, -0.25) is 9.79 Å². The van der Waals surface area contributed by atoms with Gasteiger partial charge in [0.05, 0.1) is 18.5 Å². The zero-order valence-corrected chi connectivity index (χ0v) is 11.8. The number of carboxylic acids is 1. The maximum absolute atomic E-state index is 10.8. The molecule has 1 unspecified atom stereocenters. The fourth-order valence-electron chi connectivity index (χ4n) is 2.61. The Balaban J connectivity index is 1.94. The lowest BCUT2D eigenvalue weighted by Crippen LogP contribution is -2.32. The SMILES string of the molecule is CN1C(=NC2CCCCCC2)SCC1CC(=O)O. The Hall–Kier alpha value is -0.710. The number of aliphatic imine (C=N–C) groups is 1. The minimum absolute atomic E-state index is 0.108. The average molecular weight is 270 g/mol. The largest absolute Gasteiger partial charge is 0.481 e. The average Bonchev–Trinajstić information content (AvgIpc) is 2.57. The molecule has 1 saturated carbocycles. The van der Waals surface area contributed by atoms with E-state index in [9.17, 15) is 4.79 Å². The maximum atomic E-state index is 10.8. The highest BCUT2D eigenvalue weighted by atomic mass is 32.2. The van der Waals surface area contributed by atoms with Crippen LogP contribution in [0.5, 0.6) is 0 Å². The Kier molecular flexibility index (Phi) is 4.92. The van der Waals surface area contributed by atoms with Crippen molar-refractivity contribution in [2.75, 3.05) is 12.8 Å². The van der Waals surface area contributed by atoms with Crippen molar-refractivity contribution in [1.29, 1.82) is 0 Å². The van der Waals surface area contributed by atoms with Crippen molar-refractivity contribution in [2.45, 2.75) is 57.0 Å². The van der Waals surface area contributed by atoms with Crippen LogP contribution in [0.3, 0.4) is 0 Å². The quantitative estimate of drug-likeness (QED) is 0.801. The summed E-state index contributed by atoms with van der Waals surface area (Å²) >= 11 is 1.71. The molecule has 4 nitrogen and oxygen atoms in total. The van der Waals surface area contributed by atoms with E-state index < -0.39 is 5.97 Å². The van der Waals surface area contributed by atoms with Gasteiger partial charge in [-0.2, -0.15) is 0 Å². The molecule has 1 atom stereocenters. The number of aliphatic carboxylic acids is 1. The van der Waals surface area contributed by atoms with Gasteiger partial charge in [0, 0.05) is 12.8 Å². The predicted octanol–water partition coefficient (Wildman–Crippen LogP) is 2.59. The summed E-state index contributed by atoms with van der Waals surface area (Å²) in [6, 6.07) is 0.568. The van der Waals surface area contributed by atoms with Gasteiger partial charge < -0.3 is 10.0 Å². The third-order valence-corrected chi connectivity index (χ3v) is 4.99. The molecule has 18 heavy (non-hydrogen) atoms. The Bertz CT molecular complexity index is 325. The first-order chi connectivity index (χ1) is 8.66. The monoisotopic (exact) mass is 270 g/mol. The van der Waals surface area contributed by atoms with Crippen LogP contribution in [0.1, 0.15) is 44.9 Å². The van der Waals surface area contributed by atoms with Crippen molar-refractivity contribution in [1.82, 2.24) is 4.90 Å². The molecular formula is C13H22N2O2S. The summed E-state index contributed by atoms with van der Waals surface area (Å²) in [7, 11) is 1.98. The van der Waals surface area contributed by atoms with Gasteiger partial charge in [0.25, 0.3) is 0 Å². The van der Waals surface area contributed by atoms with Gasteiger partial charge in [-0.15, -0.1) is 0 Å². The predicted molar refractivity (Wildman–Crippen MR) is 75.2 cm³/mol. The molecular weight excluding hydrogens is 248 g/mol. The van der Waals surface area contributed by atoms with E-state index in [4.69, 9.17) is 10.1 Å². The Morgan fingerprint density at radius 2 is 2.06 bits per heavy atom. The molecule has 1 heterocycles. The number of hydrogen-bond donors (Lipinski definition) is 1. The van der Waals surface area contributed by atoms with E-state index in [-0.39, 0.29) is 12.5 Å². The molecule has 2 fully saturated rings. The van der Waals surface area contributed by atoms with Crippen molar-refractivity contribution >= 4 is 22.9 Å². The van der Waals surface area contributed by atoms with E-state index in [1.54, 1.807) is 11.8 Å². The van der Waals surface area contributed by atoms with Crippen LogP contribution in [0.25, 0.3) is 0 Å². The molecule has 1 aliphatic heterocycles. The lowest BCUT2D eigenvalue weighted by atomic mass is 10.1. The van der Waals surface area contributed by atoms with Crippen LogP contribution in [0.15, 0.2) is 4.99 Å². The van der Waals surface area contributed by atoms with Crippen LogP contribution >= 0.6 is 11.8 Å². The fraction of sp³-hybridized carbons (Fsp3) is 0.846. The smallest absolute Gasteiger partial charge is 0.305 e. The standard InChI is InChI=1S/C13H22N2O2S/c1-15-11(8-12(16)17)9-18-13(15)14-10-6-4-2-3-5-7-10/h10-11H,2-9H2,1H3,(H,16,17). The molecule has 0 amide bonds. The van der Waals surface area contributed by atoms with Gasteiger partial charge in [0.1, 0.15) is 0 Å². The van der Waals surface area contributed by atoms with E-state index in [0.717, 1.165) is 10.9 Å². The Morgan fingerprint density at radius 3 is 2.67 bits per heavy atom. The molecule has 0 aromatic carbocycles. The zero-order chi connectivity index (χ0) is 13.0. The highest BCUT2D eigenvalue weighted by molar-refractivity contribution is 8.14. The van der Waals surface area contributed by atoms with Crippen LogP contribution in [0.2, 0.25) is 0 Å². The minimum atomic E-state index is -0.719. The van der Waals surface area contributed by atoms with Gasteiger partial charge in [-0.25, -0.2) is 0 Å². The molecule has 0 aromatic heterocycles. The second-order valence-corrected chi connectivity index (χ2v) is 6.22. The van der Waals surface area contributed by atoms with Crippen molar-refractivity contribution in [3.63, 3.8) is 0 Å². The molecule has 102 valence electrons. The molecule has 0 radical (unpaired) electrons. The van der Waals surface area contributed by atoms with E-state index in [0.29, 0.717) is 6.04 Å². The van der Waals surface area contributed by atoms with Crippen molar-refractivity contribution in [3.8, 4) is 0 Å². The first-order valence-electron chi connectivity index (χ1n) is 6.82. The second kappa shape index (κ2) is 6.45. The van der Waals surface area contributed by atoms with E-state index in [2.05, 4.69) is 4.90 Å². The number of carboxylic acid groups (broad SMARTS) is 1. The van der Waals surface area contributed by atoms with Crippen LogP contribution in [-0.2, 0) is 4.79 Å². The molecule has 1 aliphatic carbocycles. The lowest BCUT2D eigenvalue weighted by molar-refractivity contribution is -0.137. The summed E-state index contributed by atoms with van der Waals surface area (Å²) in [6.45, 7) is 0. The molecule has 5 heteroatoms.